The first kappa shape index (κ1) is 24.6. The van der Waals surface area contributed by atoms with Crippen molar-refractivity contribution in [3.05, 3.63) is 95.9 Å². The molecule has 7 heteroatoms. The third kappa shape index (κ3) is 5.35. The molecule has 0 aliphatic heterocycles. The Morgan fingerprint density at radius 3 is 2.43 bits per heavy atom. The van der Waals surface area contributed by atoms with Crippen LogP contribution in [0.3, 0.4) is 0 Å². The summed E-state index contributed by atoms with van der Waals surface area (Å²) in [4.78, 5) is 32.6. The van der Waals surface area contributed by atoms with Gasteiger partial charge in [-0.05, 0) is 66.4 Å². The SMILES string of the molecule is COc1ccc(N(C(=O)Cc2c[nH]c3ccccc23)C(C(=O)NC2CCCC2)c2ccc(F)cc2)cc1. The number of carbonyl (C=O) groups is 2. The van der Waals surface area contributed by atoms with Gasteiger partial charge in [-0.25, -0.2) is 4.39 Å². The normalized spacial score (nSPS) is 14.4. The summed E-state index contributed by atoms with van der Waals surface area (Å²) in [7, 11) is 1.57. The van der Waals surface area contributed by atoms with Crippen LogP contribution in [0.5, 0.6) is 5.75 Å². The number of anilines is 1. The Kier molecular flexibility index (Phi) is 7.21. The van der Waals surface area contributed by atoms with Crippen LogP contribution in [-0.4, -0.2) is 29.9 Å². The third-order valence-electron chi connectivity index (χ3n) is 7.03. The van der Waals surface area contributed by atoms with E-state index in [0.717, 1.165) is 42.1 Å². The minimum Gasteiger partial charge on any atom is -0.497 e. The molecule has 1 aromatic heterocycles. The van der Waals surface area contributed by atoms with Crippen LogP contribution in [0.15, 0.2) is 79.0 Å². The van der Waals surface area contributed by atoms with Crippen LogP contribution in [0, 0.1) is 5.82 Å². The van der Waals surface area contributed by atoms with Gasteiger partial charge in [0.1, 0.15) is 17.6 Å². The van der Waals surface area contributed by atoms with Gasteiger partial charge in [-0.3, -0.25) is 14.5 Å². The lowest BCUT2D eigenvalue weighted by atomic mass is 10.0. The Labute approximate surface area is 215 Å². The molecular formula is C30H30FN3O3. The number of methoxy groups -OCH3 is 1. The summed E-state index contributed by atoms with van der Waals surface area (Å²) < 4.78 is 19.2. The van der Waals surface area contributed by atoms with Gasteiger partial charge in [-0.15, -0.1) is 0 Å². The second-order valence-corrected chi connectivity index (χ2v) is 9.44. The van der Waals surface area contributed by atoms with Crippen molar-refractivity contribution < 1.29 is 18.7 Å². The number of hydrogen-bond donors (Lipinski definition) is 2. The minimum absolute atomic E-state index is 0.0666. The van der Waals surface area contributed by atoms with Crippen molar-refractivity contribution in [2.45, 2.75) is 44.2 Å². The number of amides is 2. The van der Waals surface area contributed by atoms with Crippen molar-refractivity contribution in [2.75, 3.05) is 12.0 Å². The Morgan fingerprint density at radius 2 is 1.73 bits per heavy atom. The van der Waals surface area contributed by atoms with Crippen molar-refractivity contribution in [1.29, 1.82) is 0 Å². The van der Waals surface area contributed by atoms with Crippen LogP contribution in [0.2, 0.25) is 0 Å². The molecule has 0 bridgehead atoms. The molecule has 1 aliphatic carbocycles. The maximum Gasteiger partial charge on any atom is 0.248 e. The van der Waals surface area contributed by atoms with E-state index in [0.29, 0.717) is 17.0 Å². The predicted octanol–water partition coefficient (Wildman–Crippen LogP) is 5.69. The fourth-order valence-electron chi connectivity index (χ4n) is 5.12. The van der Waals surface area contributed by atoms with Crippen LogP contribution in [0.1, 0.15) is 42.9 Å². The molecule has 0 radical (unpaired) electrons. The number of aromatic amines is 1. The number of aromatic nitrogens is 1. The molecule has 1 heterocycles. The first-order valence-electron chi connectivity index (χ1n) is 12.6. The molecule has 2 amide bonds. The zero-order chi connectivity index (χ0) is 25.8. The lowest BCUT2D eigenvalue weighted by molar-refractivity contribution is -0.127. The maximum atomic E-state index is 14.1. The van der Waals surface area contributed by atoms with E-state index in [1.807, 2.05) is 30.5 Å². The van der Waals surface area contributed by atoms with Crippen LogP contribution in [0.25, 0.3) is 10.9 Å². The number of nitrogens with zero attached hydrogens (tertiary/aromatic N) is 1. The number of rotatable bonds is 8. The maximum absolute atomic E-state index is 14.1. The van der Waals surface area contributed by atoms with Crippen molar-refractivity contribution in [3.8, 4) is 5.75 Å². The van der Waals surface area contributed by atoms with E-state index in [4.69, 9.17) is 4.74 Å². The quantitative estimate of drug-likeness (QED) is 0.327. The van der Waals surface area contributed by atoms with Gasteiger partial charge in [0, 0.05) is 28.8 Å². The van der Waals surface area contributed by atoms with Gasteiger partial charge in [0.25, 0.3) is 0 Å². The molecule has 0 spiro atoms. The van der Waals surface area contributed by atoms with E-state index in [9.17, 15) is 14.0 Å². The summed E-state index contributed by atoms with van der Waals surface area (Å²) in [5, 5.41) is 4.11. The highest BCUT2D eigenvalue weighted by molar-refractivity contribution is 6.03. The summed E-state index contributed by atoms with van der Waals surface area (Å²) in [5.74, 6) is -0.284. The third-order valence-corrected chi connectivity index (χ3v) is 7.03. The standard InChI is InChI=1S/C30H30FN3O3/c1-37-25-16-14-24(15-17-25)34(28(35)18-21-19-32-27-9-5-4-8-26(21)27)29(20-10-12-22(31)13-11-20)30(36)33-23-6-2-3-7-23/h4-5,8-17,19,23,29,32H,2-3,6-7,18H2,1H3,(H,33,36). The van der Waals surface area contributed by atoms with Crippen LogP contribution < -0.4 is 15.0 Å². The Morgan fingerprint density at radius 1 is 1.03 bits per heavy atom. The van der Waals surface area contributed by atoms with Gasteiger partial charge in [-0.2, -0.15) is 0 Å². The molecule has 1 unspecified atom stereocenters. The molecule has 5 rings (SSSR count). The van der Waals surface area contributed by atoms with Gasteiger partial charge in [0.2, 0.25) is 11.8 Å². The number of carbonyl (C=O) groups excluding carboxylic acids is 2. The summed E-state index contributed by atoms with van der Waals surface area (Å²) in [6.07, 6.45) is 5.87. The van der Waals surface area contributed by atoms with Gasteiger partial charge >= 0.3 is 0 Å². The molecule has 37 heavy (non-hydrogen) atoms. The molecule has 1 aliphatic rings. The fraction of sp³-hybridized carbons (Fsp3) is 0.267. The van der Waals surface area contributed by atoms with E-state index >= 15 is 0 Å². The van der Waals surface area contributed by atoms with E-state index in [1.165, 1.54) is 17.0 Å². The Hall–Kier alpha value is -4.13. The van der Waals surface area contributed by atoms with Crippen molar-refractivity contribution >= 4 is 28.4 Å². The van der Waals surface area contributed by atoms with E-state index in [2.05, 4.69) is 10.3 Å². The summed E-state index contributed by atoms with van der Waals surface area (Å²) in [5.41, 5.74) is 2.88. The largest absolute Gasteiger partial charge is 0.497 e. The summed E-state index contributed by atoms with van der Waals surface area (Å²) in [6, 6.07) is 19.7. The number of H-pyrrole nitrogens is 1. The van der Waals surface area contributed by atoms with Crippen molar-refractivity contribution in [3.63, 3.8) is 0 Å². The van der Waals surface area contributed by atoms with Gasteiger partial charge in [-0.1, -0.05) is 43.2 Å². The molecule has 1 saturated carbocycles. The highest BCUT2D eigenvalue weighted by Crippen LogP contribution is 2.32. The van der Waals surface area contributed by atoms with Crippen molar-refractivity contribution in [2.24, 2.45) is 0 Å². The average Bonchev–Trinajstić information content (AvgIpc) is 3.58. The van der Waals surface area contributed by atoms with Crippen LogP contribution >= 0.6 is 0 Å². The van der Waals surface area contributed by atoms with E-state index < -0.39 is 11.9 Å². The molecule has 3 aromatic carbocycles. The van der Waals surface area contributed by atoms with Crippen LogP contribution in [0.4, 0.5) is 10.1 Å². The highest BCUT2D eigenvalue weighted by Gasteiger charge is 2.34. The number of fused-ring (bicyclic) bond motifs is 1. The van der Waals surface area contributed by atoms with Gasteiger partial charge in [0.05, 0.1) is 13.5 Å². The Balaban J connectivity index is 1.56. The molecule has 1 atom stereocenters. The molecule has 1 fully saturated rings. The number of hydrogen-bond acceptors (Lipinski definition) is 3. The summed E-state index contributed by atoms with van der Waals surface area (Å²) in [6.45, 7) is 0. The highest BCUT2D eigenvalue weighted by atomic mass is 19.1. The van der Waals surface area contributed by atoms with Gasteiger partial charge in [0.15, 0.2) is 0 Å². The fourth-order valence-corrected chi connectivity index (χ4v) is 5.12. The predicted molar refractivity (Wildman–Crippen MR) is 142 cm³/mol. The molecule has 190 valence electrons. The van der Waals surface area contributed by atoms with Crippen molar-refractivity contribution in [1.82, 2.24) is 10.3 Å². The first-order valence-corrected chi connectivity index (χ1v) is 12.6. The molecular weight excluding hydrogens is 469 g/mol. The summed E-state index contributed by atoms with van der Waals surface area (Å²) >= 11 is 0. The first-order chi connectivity index (χ1) is 18.0. The number of para-hydroxylation sites is 1. The second kappa shape index (κ2) is 10.9. The number of nitrogens with one attached hydrogen (secondary N) is 2. The topological polar surface area (TPSA) is 74.4 Å². The number of benzene rings is 3. The van der Waals surface area contributed by atoms with Crippen LogP contribution in [-0.2, 0) is 16.0 Å². The molecule has 6 nitrogen and oxygen atoms in total. The van der Waals surface area contributed by atoms with E-state index in [-0.39, 0.29) is 24.3 Å². The molecule has 4 aromatic rings. The zero-order valence-electron chi connectivity index (χ0n) is 20.7. The number of halogens is 1. The smallest absolute Gasteiger partial charge is 0.248 e. The van der Waals surface area contributed by atoms with E-state index in [1.54, 1.807) is 43.5 Å². The minimum atomic E-state index is -0.965. The monoisotopic (exact) mass is 499 g/mol. The lowest BCUT2D eigenvalue weighted by Gasteiger charge is -2.32. The Bertz CT molecular complexity index is 1380. The zero-order valence-corrected chi connectivity index (χ0v) is 20.7. The lowest BCUT2D eigenvalue weighted by Crippen LogP contribution is -2.46. The average molecular weight is 500 g/mol. The number of ether oxygens (including phenoxy) is 1. The molecule has 0 saturated heterocycles. The van der Waals surface area contributed by atoms with Gasteiger partial charge < -0.3 is 15.0 Å². The molecule has 2 N–H and O–H groups in total. The second-order valence-electron chi connectivity index (χ2n) is 9.44.